The molecule has 0 aliphatic heterocycles. The molecule has 1 heterocycles. The number of fused-ring (bicyclic) bond motifs is 1. The Hall–Kier alpha value is -3.53. The van der Waals surface area contributed by atoms with Crippen molar-refractivity contribution in [2.45, 2.75) is 45.8 Å². The Bertz CT molecular complexity index is 1190. The molecule has 0 radical (unpaired) electrons. The number of rotatable bonds is 9. The summed E-state index contributed by atoms with van der Waals surface area (Å²) in [5.41, 5.74) is 6.01. The Morgan fingerprint density at radius 2 is 1.56 bits per heavy atom. The first-order chi connectivity index (χ1) is 15.5. The van der Waals surface area contributed by atoms with Gasteiger partial charge in [0.25, 0.3) is 0 Å². The number of nitrogens with zero attached hydrogens (tertiary/aromatic N) is 1. The van der Waals surface area contributed by atoms with Gasteiger partial charge < -0.3 is 14.4 Å². The molecule has 0 amide bonds. The predicted molar refractivity (Wildman–Crippen MR) is 128 cm³/mol. The molecule has 4 rings (SSSR count). The van der Waals surface area contributed by atoms with Crippen LogP contribution in [0.2, 0.25) is 0 Å². The highest BCUT2D eigenvalue weighted by molar-refractivity contribution is 5.81. The summed E-state index contributed by atoms with van der Waals surface area (Å²) in [6.45, 7) is 5.83. The van der Waals surface area contributed by atoms with E-state index in [0.29, 0.717) is 18.9 Å². The molecule has 0 aliphatic rings. The van der Waals surface area contributed by atoms with Gasteiger partial charge in [-0.05, 0) is 58.7 Å². The second-order valence-corrected chi connectivity index (χ2v) is 8.51. The Morgan fingerprint density at radius 3 is 2.25 bits per heavy atom. The number of carboxylic acids is 1. The maximum Gasteiger partial charge on any atom is 0.303 e. The van der Waals surface area contributed by atoms with Gasteiger partial charge in [-0.2, -0.15) is 0 Å². The number of aromatic nitrogens is 1. The van der Waals surface area contributed by atoms with Gasteiger partial charge in [-0.25, -0.2) is 0 Å². The molecule has 4 aromatic rings. The van der Waals surface area contributed by atoms with Crippen LogP contribution < -0.4 is 4.74 Å². The second-order valence-electron chi connectivity index (χ2n) is 8.51. The van der Waals surface area contributed by atoms with Gasteiger partial charge in [-0.15, -0.1) is 0 Å². The molecule has 4 heteroatoms. The standard InChI is InChI=1S/C28H29NO3/c1-20(2)27-17-24-5-3-4-6-26(24)29(27)18-22-7-9-23(10-8-22)19-32-25-14-11-21(12-15-25)13-16-28(30)31/h3-12,14-15,17,20H,13,16,18-19H2,1-2H3,(H,30,31). The highest BCUT2D eigenvalue weighted by Gasteiger charge is 2.12. The zero-order valence-electron chi connectivity index (χ0n) is 18.6. The van der Waals surface area contributed by atoms with Crippen LogP contribution in [-0.4, -0.2) is 15.6 Å². The lowest BCUT2D eigenvalue weighted by molar-refractivity contribution is -0.136. The van der Waals surface area contributed by atoms with Gasteiger partial charge in [0.1, 0.15) is 12.4 Å². The zero-order chi connectivity index (χ0) is 22.5. The number of aliphatic carboxylic acids is 1. The van der Waals surface area contributed by atoms with Crippen LogP contribution in [-0.2, 0) is 24.4 Å². The molecule has 0 fully saturated rings. The molecule has 0 aliphatic carbocycles. The van der Waals surface area contributed by atoms with Crippen LogP contribution in [0.15, 0.2) is 78.9 Å². The van der Waals surface area contributed by atoms with Gasteiger partial charge in [0.15, 0.2) is 0 Å². The number of benzene rings is 3. The van der Waals surface area contributed by atoms with E-state index in [2.05, 4.69) is 73.0 Å². The summed E-state index contributed by atoms with van der Waals surface area (Å²) in [6, 6.07) is 27.1. The van der Waals surface area contributed by atoms with Gasteiger partial charge in [0.2, 0.25) is 0 Å². The summed E-state index contributed by atoms with van der Waals surface area (Å²) < 4.78 is 8.32. The van der Waals surface area contributed by atoms with Crippen molar-refractivity contribution in [3.8, 4) is 5.75 Å². The van der Waals surface area contributed by atoms with Crippen LogP contribution in [0.3, 0.4) is 0 Å². The van der Waals surface area contributed by atoms with E-state index >= 15 is 0 Å². The van der Waals surface area contributed by atoms with Crippen LogP contribution in [0.1, 0.15) is 48.6 Å². The number of hydrogen-bond acceptors (Lipinski definition) is 2. The van der Waals surface area contributed by atoms with Gasteiger partial charge in [0.05, 0.1) is 0 Å². The summed E-state index contributed by atoms with van der Waals surface area (Å²) in [4.78, 5) is 10.7. The van der Waals surface area contributed by atoms with Crippen LogP contribution in [0.4, 0.5) is 0 Å². The Morgan fingerprint density at radius 1 is 0.906 bits per heavy atom. The Kier molecular flexibility index (Phi) is 6.60. The maximum absolute atomic E-state index is 10.7. The highest BCUT2D eigenvalue weighted by Crippen LogP contribution is 2.26. The van der Waals surface area contributed by atoms with Crippen molar-refractivity contribution in [1.82, 2.24) is 4.57 Å². The van der Waals surface area contributed by atoms with Crippen molar-refractivity contribution in [2.24, 2.45) is 0 Å². The fourth-order valence-electron chi connectivity index (χ4n) is 3.98. The lowest BCUT2D eigenvalue weighted by Crippen LogP contribution is -2.06. The monoisotopic (exact) mass is 427 g/mol. The molecule has 0 atom stereocenters. The number of hydrogen-bond donors (Lipinski definition) is 1. The topological polar surface area (TPSA) is 51.5 Å². The first-order valence-corrected chi connectivity index (χ1v) is 11.1. The third-order valence-electron chi connectivity index (χ3n) is 5.75. The fraction of sp³-hybridized carbons (Fsp3) is 0.250. The first kappa shape index (κ1) is 21.7. The smallest absolute Gasteiger partial charge is 0.303 e. The van der Waals surface area contributed by atoms with E-state index in [9.17, 15) is 4.79 Å². The first-order valence-electron chi connectivity index (χ1n) is 11.1. The van der Waals surface area contributed by atoms with E-state index in [1.165, 1.54) is 22.2 Å². The Labute approximate surface area is 189 Å². The average Bonchev–Trinajstić information content (AvgIpc) is 3.17. The quantitative estimate of drug-likeness (QED) is 0.336. The van der Waals surface area contributed by atoms with Gasteiger partial charge in [-0.3, -0.25) is 4.79 Å². The van der Waals surface area contributed by atoms with Gasteiger partial charge >= 0.3 is 5.97 Å². The molecule has 0 unspecified atom stereocenters. The van der Waals surface area contributed by atoms with E-state index in [0.717, 1.165) is 23.4 Å². The zero-order valence-corrected chi connectivity index (χ0v) is 18.6. The Balaban J connectivity index is 1.39. The van der Waals surface area contributed by atoms with E-state index in [4.69, 9.17) is 9.84 Å². The van der Waals surface area contributed by atoms with Crippen molar-refractivity contribution in [2.75, 3.05) is 0 Å². The summed E-state index contributed by atoms with van der Waals surface area (Å²) in [6.07, 6.45) is 0.677. The molecular formula is C28H29NO3. The number of ether oxygens (including phenoxy) is 1. The molecule has 1 N–H and O–H groups in total. The van der Waals surface area contributed by atoms with E-state index in [1.807, 2.05) is 24.3 Å². The normalized spacial score (nSPS) is 11.2. The number of para-hydroxylation sites is 1. The third-order valence-corrected chi connectivity index (χ3v) is 5.75. The van der Waals surface area contributed by atoms with Crippen molar-refractivity contribution < 1.29 is 14.6 Å². The minimum Gasteiger partial charge on any atom is -0.489 e. The summed E-state index contributed by atoms with van der Waals surface area (Å²) >= 11 is 0. The van der Waals surface area contributed by atoms with E-state index < -0.39 is 5.97 Å². The number of aryl methyl sites for hydroxylation is 1. The SMILES string of the molecule is CC(C)c1cc2ccccc2n1Cc1ccc(COc2ccc(CCC(=O)O)cc2)cc1. The largest absolute Gasteiger partial charge is 0.489 e. The third kappa shape index (κ3) is 5.20. The highest BCUT2D eigenvalue weighted by atomic mass is 16.5. The number of carbonyl (C=O) groups is 1. The van der Waals surface area contributed by atoms with Gasteiger partial charge in [0, 0.05) is 24.2 Å². The fourth-order valence-corrected chi connectivity index (χ4v) is 3.98. The molecule has 1 aromatic heterocycles. The lowest BCUT2D eigenvalue weighted by Gasteiger charge is -2.14. The number of carboxylic acid groups (broad SMARTS) is 1. The summed E-state index contributed by atoms with van der Waals surface area (Å²) in [5, 5.41) is 10.1. The summed E-state index contributed by atoms with van der Waals surface area (Å²) in [7, 11) is 0. The molecular weight excluding hydrogens is 398 g/mol. The molecule has 0 saturated carbocycles. The van der Waals surface area contributed by atoms with E-state index in [1.54, 1.807) is 0 Å². The molecule has 3 aromatic carbocycles. The van der Waals surface area contributed by atoms with Crippen LogP contribution in [0, 0.1) is 0 Å². The molecule has 0 bridgehead atoms. The summed E-state index contributed by atoms with van der Waals surface area (Å²) in [5.74, 6) is 0.471. The van der Waals surface area contributed by atoms with Crippen LogP contribution in [0.25, 0.3) is 10.9 Å². The van der Waals surface area contributed by atoms with E-state index in [-0.39, 0.29) is 6.42 Å². The lowest BCUT2D eigenvalue weighted by atomic mass is 10.1. The minimum atomic E-state index is -0.779. The molecule has 32 heavy (non-hydrogen) atoms. The van der Waals surface area contributed by atoms with Crippen LogP contribution >= 0.6 is 0 Å². The van der Waals surface area contributed by atoms with Crippen LogP contribution in [0.5, 0.6) is 5.75 Å². The molecule has 4 nitrogen and oxygen atoms in total. The van der Waals surface area contributed by atoms with Crippen molar-refractivity contribution >= 4 is 16.9 Å². The predicted octanol–water partition coefficient (Wildman–Crippen LogP) is 6.41. The van der Waals surface area contributed by atoms with Gasteiger partial charge in [-0.1, -0.05) is 68.4 Å². The maximum atomic E-state index is 10.7. The minimum absolute atomic E-state index is 0.143. The van der Waals surface area contributed by atoms with Crippen molar-refractivity contribution in [1.29, 1.82) is 0 Å². The molecule has 164 valence electrons. The van der Waals surface area contributed by atoms with Crippen molar-refractivity contribution in [3.05, 3.63) is 101 Å². The molecule has 0 spiro atoms. The van der Waals surface area contributed by atoms with Crippen molar-refractivity contribution in [3.63, 3.8) is 0 Å². The average molecular weight is 428 g/mol. The second kappa shape index (κ2) is 9.73. The molecule has 0 saturated heterocycles.